The van der Waals surface area contributed by atoms with Gasteiger partial charge in [0, 0.05) is 49.2 Å². The number of H-pyrrole nitrogens is 1. The summed E-state index contributed by atoms with van der Waals surface area (Å²) in [7, 11) is 3.61. The summed E-state index contributed by atoms with van der Waals surface area (Å²) in [5.74, 6) is -0.0746. The van der Waals surface area contributed by atoms with E-state index in [1.54, 1.807) is 35.0 Å². The number of aryl methyl sites for hydroxylation is 3. The second-order valence-corrected chi connectivity index (χ2v) is 6.58. The minimum Gasteiger partial charge on any atom is -0.337 e. The van der Waals surface area contributed by atoms with E-state index in [0.717, 1.165) is 22.4 Å². The van der Waals surface area contributed by atoms with Gasteiger partial charge in [-0.1, -0.05) is 12.1 Å². The molecule has 0 saturated carbocycles. The zero-order valence-corrected chi connectivity index (χ0v) is 15.4. The van der Waals surface area contributed by atoms with Crippen molar-refractivity contribution in [3.63, 3.8) is 0 Å². The van der Waals surface area contributed by atoms with Gasteiger partial charge in [0.25, 0.3) is 11.5 Å². The van der Waals surface area contributed by atoms with Crippen LogP contribution in [0, 0.1) is 13.8 Å². The number of amides is 1. The Morgan fingerprint density at radius 1 is 1.23 bits per heavy atom. The van der Waals surface area contributed by atoms with Gasteiger partial charge in [0.2, 0.25) is 0 Å². The van der Waals surface area contributed by atoms with E-state index in [1.807, 2.05) is 45.3 Å². The first-order chi connectivity index (χ1) is 12.3. The maximum Gasteiger partial charge on any atom is 0.256 e. The van der Waals surface area contributed by atoms with E-state index in [-0.39, 0.29) is 11.5 Å². The maximum absolute atomic E-state index is 12.6. The van der Waals surface area contributed by atoms with Crippen LogP contribution in [0.1, 0.15) is 27.2 Å². The Labute approximate surface area is 152 Å². The van der Waals surface area contributed by atoms with E-state index in [2.05, 4.69) is 10.1 Å². The molecular formula is C20H22N4O2. The van der Waals surface area contributed by atoms with E-state index < -0.39 is 0 Å². The zero-order valence-electron chi connectivity index (χ0n) is 15.4. The van der Waals surface area contributed by atoms with Crippen LogP contribution in [-0.2, 0) is 13.6 Å². The molecule has 6 heteroatoms. The molecule has 0 unspecified atom stereocenters. The first-order valence-electron chi connectivity index (χ1n) is 8.39. The van der Waals surface area contributed by atoms with Gasteiger partial charge in [-0.15, -0.1) is 0 Å². The molecule has 2 aromatic heterocycles. The molecule has 0 fully saturated rings. The minimum absolute atomic E-state index is 0.0746. The monoisotopic (exact) mass is 350 g/mol. The Morgan fingerprint density at radius 3 is 2.54 bits per heavy atom. The zero-order chi connectivity index (χ0) is 18.8. The van der Waals surface area contributed by atoms with Gasteiger partial charge in [0.15, 0.2) is 0 Å². The molecule has 0 saturated heterocycles. The highest BCUT2D eigenvalue weighted by molar-refractivity contribution is 5.94. The van der Waals surface area contributed by atoms with Crippen LogP contribution in [-0.4, -0.2) is 32.6 Å². The van der Waals surface area contributed by atoms with Crippen LogP contribution >= 0.6 is 0 Å². The number of aromatic nitrogens is 3. The molecule has 0 spiro atoms. The Balaban J connectivity index is 1.80. The first-order valence-corrected chi connectivity index (χ1v) is 8.39. The van der Waals surface area contributed by atoms with Crippen LogP contribution < -0.4 is 5.56 Å². The van der Waals surface area contributed by atoms with Crippen molar-refractivity contribution in [1.82, 2.24) is 19.7 Å². The highest BCUT2D eigenvalue weighted by Crippen LogP contribution is 2.19. The number of aromatic amines is 1. The summed E-state index contributed by atoms with van der Waals surface area (Å²) in [5.41, 5.74) is 4.72. The van der Waals surface area contributed by atoms with Gasteiger partial charge in [0.05, 0.1) is 6.20 Å². The number of hydrogen-bond donors (Lipinski definition) is 1. The van der Waals surface area contributed by atoms with Crippen LogP contribution in [0.4, 0.5) is 0 Å². The van der Waals surface area contributed by atoms with E-state index in [1.165, 1.54) is 0 Å². The molecule has 3 rings (SSSR count). The third-order valence-electron chi connectivity index (χ3n) is 4.47. The second-order valence-electron chi connectivity index (χ2n) is 6.58. The summed E-state index contributed by atoms with van der Waals surface area (Å²) in [6, 6.07) is 9.01. The minimum atomic E-state index is -0.124. The van der Waals surface area contributed by atoms with Crippen molar-refractivity contribution in [2.75, 3.05) is 7.05 Å². The van der Waals surface area contributed by atoms with Crippen molar-refractivity contribution in [1.29, 1.82) is 0 Å². The number of benzene rings is 1. The summed E-state index contributed by atoms with van der Waals surface area (Å²) < 4.78 is 1.71. The molecule has 3 aromatic rings. The van der Waals surface area contributed by atoms with Crippen LogP contribution in [0.2, 0.25) is 0 Å². The van der Waals surface area contributed by atoms with Gasteiger partial charge in [0.1, 0.15) is 0 Å². The molecular weight excluding hydrogens is 328 g/mol. The second kappa shape index (κ2) is 7.00. The van der Waals surface area contributed by atoms with Crippen molar-refractivity contribution in [2.45, 2.75) is 20.4 Å². The van der Waals surface area contributed by atoms with Crippen LogP contribution in [0.15, 0.2) is 47.5 Å². The maximum atomic E-state index is 12.6. The summed E-state index contributed by atoms with van der Waals surface area (Å²) >= 11 is 0. The molecule has 0 aliphatic carbocycles. The summed E-state index contributed by atoms with van der Waals surface area (Å²) in [6.07, 6.45) is 3.64. The van der Waals surface area contributed by atoms with Crippen LogP contribution in [0.5, 0.6) is 0 Å². The Bertz CT molecular complexity index is 999. The Kier molecular flexibility index (Phi) is 4.75. The normalized spacial score (nSPS) is 10.8. The third kappa shape index (κ3) is 3.59. The smallest absolute Gasteiger partial charge is 0.256 e. The van der Waals surface area contributed by atoms with Crippen molar-refractivity contribution >= 4 is 5.91 Å². The quantitative estimate of drug-likeness (QED) is 0.786. The fourth-order valence-electron chi connectivity index (χ4n) is 2.85. The van der Waals surface area contributed by atoms with Gasteiger partial charge in [-0.25, -0.2) is 0 Å². The fraction of sp³-hybridized carbons (Fsp3) is 0.250. The molecule has 0 aliphatic rings. The lowest BCUT2D eigenvalue weighted by Gasteiger charge is -2.16. The molecule has 1 amide bonds. The first kappa shape index (κ1) is 17.7. The number of nitrogens with zero attached hydrogens (tertiary/aromatic N) is 3. The molecule has 26 heavy (non-hydrogen) atoms. The van der Waals surface area contributed by atoms with Crippen LogP contribution in [0.25, 0.3) is 11.1 Å². The summed E-state index contributed by atoms with van der Waals surface area (Å²) in [5, 5.41) is 4.11. The van der Waals surface area contributed by atoms with Gasteiger partial charge >= 0.3 is 0 Å². The highest BCUT2D eigenvalue weighted by atomic mass is 16.2. The lowest BCUT2D eigenvalue weighted by molar-refractivity contribution is 0.0785. The summed E-state index contributed by atoms with van der Waals surface area (Å²) in [6.45, 7) is 4.33. The van der Waals surface area contributed by atoms with Gasteiger partial charge in [-0.2, -0.15) is 5.10 Å². The highest BCUT2D eigenvalue weighted by Gasteiger charge is 2.14. The number of nitrogens with one attached hydrogen (secondary N) is 1. The Hall–Kier alpha value is -3.15. The predicted molar refractivity (Wildman–Crippen MR) is 101 cm³/mol. The molecule has 2 heterocycles. The van der Waals surface area contributed by atoms with E-state index in [9.17, 15) is 9.59 Å². The van der Waals surface area contributed by atoms with Crippen LogP contribution in [0.3, 0.4) is 0 Å². The molecule has 1 N–H and O–H groups in total. The topological polar surface area (TPSA) is 71.0 Å². The number of hydrogen-bond acceptors (Lipinski definition) is 3. The molecule has 0 radical (unpaired) electrons. The molecule has 6 nitrogen and oxygen atoms in total. The van der Waals surface area contributed by atoms with E-state index >= 15 is 0 Å². The number of carbonyl (C=O) groups is 1. The van der Waals surface area contributed by atoms with Gasteiger partial charge < -0.3 is 9.88 Å². The van der Waals surface area contributed by atoms with Gasteiger partial charge in [-0.05, 0) is 43.2 Å². The number of rotatable bonds is 4. The molecule has 1 aromatic carbocycles. The van der Waals surface area contributed by atoms with Crippen molar-refractivity contribution in [3.8, 4) is 11.1 Å². The fourth-order valence-corrected chi connectivity index (χ4v) is 2.85. The van der Waals surface area contributed by atoms with Crippen molar-refractivity contribution in [3.05, 3.63) is 75.5 Å². The predicted octanol–water partition coefficient (Wildman–Crippen LogP) is 2.66. The standard InChI is InChI=1S/C20H22N4O2/c1-13-9-18(19(25)22-14(13)2)16-5-7-17(8-6-16)20(26)23(3)11-15-10-21-24(4)12-15/h5-10,12H,11H2,1-4H3,(H,22,25). The SMILES string of the molecule is Cc1cc(-c2ccc(C(=O)N(C)Cc3cnn(C)c3)cc2)c(=O)[nH]c1C. The average Bonchev–Trinajstić information content (AvgIpc) is 3.02. The average molecular weight is 350 g/mol. The lowest BCUT2D eigenvalue weighted by atomic mass is 10.0. The Morgan fingerprint density at radius 2 is 1.92 bits per heavy atom. The van der Waals surface area contributed by atoms with Crippen molar-refractivity contribution < 1.29 is 4.79 Å². The molecule has 0 aliphatic heterocycles. The van der Waals surface area contributed by atoms with E-state index in [4.69, 9.17) is 0 Å². The van der Waals surface area contributed by atoms with Crippen molar-refractivity contribution in [2.24, 2.45) is 7.05 Å². The third-order valence-corrected chi connectivity index (χ3v) is 4.47. The lowest BCUT2D eigenvalue weighted by Crippen LogP contribution is -2.26. The molecule has 134 valence electrons. The number of carbonyl (C=O) groups excluding carboxylic acids is 1. The molecule has 0 bridgehead atoms. The summed E-state index contributed by atoms with van der Waals surface area (Å²) in [4.78, 5) is 29.3. The van der Waals surface area contributed by atoms with E-state index in [0.29, 0.717) is 17.7 Å². The van der Waals surface area contributed by atoms with Gasteiger partial charge in [-0.3, -0.25) is 14.3 Å². The molecule has 0 atom stereocenters. The largest absolute Gasteiger partial charge is 0.337 e. The number of pyridine rings is 1.